The lowest BCUT2D eigenvalue weighted by Gasteiger charge is -2.09. The molecule has 0 saturated heterocycles. The monoisotopic (exact) mass is 299 g/mol. The number of hydrogen-bond acceptors (Lipinski definition) is 3. The third-order valence-corrected chi connectivity index (χ3v) is 3.98. The Hall–Kier alpha value is -2.14. The van der Waals surface area contributed by atoms with Gasteiger partial charge in [0.2, 0.25) is 0 Å². The molecule has 0 radical (unpaired) electrons. The lowest BCUT2D eigenvalue weighted by Crippen LogP contribution is -2.05. The second kappa shape index (κ2) is 5.69. The molecular formula is C16H17N3OS. The summed E-state index contributed by atoms with van der Waals surface area (Å²) in [5.74, 6) is 0.821. The molecular weight excluding hydrogens is 282 g/mol. The molecule has 0 saturated carbocycles. The lowest BCUT2D eigenvalue weighted by atomic mass is 10.1. The number of H-pyrrole nitrogens is 1. The van der Waals surface area contributed by atoms with Crippen LogP contribution in [0.4, 0.5) is 0 Å². The van der Waals surface area contributed by atoms with Crippen molar-refractivity contribution in [2.75, 3.05) is 7.11 Å². The maximum absolute atomic E-state index is 5.45. The van der Waals surface area contributed by atoms with Crippen LogP contribution in [0.15, 0.2) is 36.5 Å². The standard InChI is InChI=1S/C16H17N3OS/c1-3-11-5-4-8-17-14(11)10-19-15-9-12(20-2)6-7-13(15)18-16(19)21/h4-9H,3,10H2,1-2H3,(H,18,21). The Morgan fingerprint density at radius 1 is 1.33 bits per heavy atom. The van der Waals surface area contributed by atoms with Crippen molar-refractivity contribution in [3.8, 4) is 5.75 Å². The molecule has 0 bridgehead atoms. The molecule has 2 heterocycles. The number of rotatable bonds is 4. The zero-order valence-corrected chi connectivity index (χ0v) is 12.9. The van der Waals surface area contributed by atoms with E-state index in [1.807, 2.05) is 30.5 Å². The van der Waals surface area contributed by atoms with Crippen LogP contribution in [-0.2, 0) is 13.0 Å². The molecule has 0 aliphatic rings. The Balaban J connectivity index is 2.11. The maximum Gasteiger partial charge on any atom is 0.178 e. The number of hydrogen-bond donors (Lipinski definition) is 1. The highest BCUT2D eigenvalue weighted by molar-refractivity contribution is 7.71. The first kappa shape index (κ1) is 13.8. The molecule has 2 aromatic heterocycles. The van der Waals surface area contributed by atoms with E-state index in [9.17, 15) is 0 Å². The largest absolute Gasteiger partial charge is 0.497 e. The summed E-state index contributed by atoms with van der Waals surface area (Å²) in [6.45, 7) is 2.80. The van der Waals surface area contributed by atoms with Crippen LogP contribution >= 0.6 is 12.2 Å². The molecule has 21 heavy (non-hydrogen) atoms. The fourth-order valence-electron chi connectivity index (χ4n) is 2.50. The summed E-state index contributed by atoms with van der Waals surface area (Å²) in [5, 5.41) is 0. The van der Waals surface area contributed by atoms with Gasteiger partial charge < -0.3 is 14.3 Å². The van der Waals surface area contributed by atoms with Crippen LogP contribution in [0.1, 0.15) is 18.2 Å². The molecule has 108 valence electrons. The smallest absolute Gasteiger partial charge is 0.178 e. The molecule has 1 N–H and O–H groups in total. The zero-order valence-electron chi connectivity index (χ0n) is 12.1. The van der Waals surface area contributed by atoms with Gasteiger partial charge in [0.25, 0.3) is 0 Å². The van der Waals surface area contributed by atoms with E-state index in [4.69, 9.17) is 17.0 Å². The van der Waals surface area contributed by atoms with Gasteiger partial charge in [-0.05, 0) is 42.4 Å². The van der Waals surface area contributed by atoms with Crippen LogP contribution in [0.2, 0.25) is 0 Å². The van der Waals surface area contributed by atoms with Gasteiger partial charge in [-0.1, -0.05) is 13.0 Å². The normalized spacial score (nSPS) is 11.0. The Morgan fingerprint density at radius 3 is 2.95 bits per heavy atom. The SMILES string of the molecule is CCc1cccnc1Cn1c(=S)[nH]c2ccc(OC)cc21. The third-order valence-electron chi connectivity index (χ3n) is 3.66. The summed E-state index contributed by atoms with van der Waals surface area (Å²) in [6, 6.07) is 9.99. The first-order valence-electron chi connectivity index (χ1n) is 6.92. The summed E-state index contributed by atoms with van der Waals surface area (Å²) in [6.07, 6.45) is 2.79. The van der Waals surface area contributed by atoms with Crippen molar-refractivity contribution in [3.05, 3.63) is 52.6 Å². The van der Waals surface area contributed by atoms with Crippen LogP contribution in [0.5, 0.6) is 5.75 Å². The molecule has 3 aromatic rings. The van der Waals surface area contributed by atoms with Gasteiger partial charge in [-0.3, -0.25) is 4.98 Å². The Bertz CT molecular complexity index is 835. The maximum atomic E-state index is 5.45. The topological polar surface area (TPSA) is 42.8 Å². The molecule has 4 nitrogen and oxygen atoms in total. The van der Waals surface area contributed by atoms with Gasteiger partial charge in [0, 0.05) is 12.3 Å². The summed E-state index contributed by atoms with van der Waals surface area (Å²) in [5.41, 5.74) is 4.35. The van der Waals surface area contributed by atoms with Crippen LogP contribution < -0.4 is 4.74 Å². The fraction of sp³-hybridized carbons (Fsp3) is 0.250. The number of aryl methyl sites for hydroxylation is 1. The minimum atomic E-state index is 0.663. The van der Waals surface area contributed by atoms with Gasteiger partial charge in [0.15, 0.2) is 4.77 Å². The number of aromatic amines is 1. The van der Waals surface area contributed by atoms with E-state index in [2.05, 4.69) is 27.5 Å². The summed E-state index contributed by atoms with van der Waals surface area (Å²) < 4.78 is 8.07. The number of nitrogens with one attached hydrogen (secondary N) is 1. The predicted molar refractivity (Wildman–Crippen MR) is 86.4 cm³/mol. The van der Waals surface area contributed by atoms with E-state index >= 15 is 0 Å². The molecule has 0 atom stereocenters. The highest BCUT2D eigenvalue weighted by Gasteiger charge is 2.09. The Kier molecular flexibility index (Phi) is 3.75. The molecule has 0 spiro atoms. The van der Waals surface area contributed by atoms with E-state index in [1.165, 1.54) is 5.56 Å². The number of ether oxygens (including phenoxy) is 1. The van der Waals surface area contributed by atoms with Crippen molar-refractivity contribution in [3.63, 3.8) is 0 Å². The lowest BCUT2D eigenvalue weighted by molar-refractivity contribution is 0.415. The number of nitrogens with zero attached hydrogens (tertiary/aromatic N) is 2. The van der Waals surface area contributed by atoms with Crippen molar-refractivity contribution >= 4 is 23.3 Å². The number of pyridine rings is 1. The summed E-state index contributed by atoms with van der Waals surface area (Å²) in [7, 11) is 1.67. The van der Waals surface area contributed by atoms with Gasteiger partial charge in [-0.15, -0.1) is 0 Å². The van der Waals surface area contributed by atoms with Gasteiger partial charge in [0.05, 0.1) is 30.4 Å². The molecule has 0 aliphatic carbocycles. The van der Waals surface area contributed by atoms with Crippen LogP contribution in [0.25, 0.3) is 11.0 Å². The minimum Gasteiger partial charge on any atom is -0.497 e. The molecule has 0 fully saturated rings. The number of imidazole rings is 1. The van der Waals surface area contributed by atoms with E-state index < -0.39 is 0 Å². The number of fused-ring (bicyclic) bond motifs is 1. The average molecular weight is 299 g/mol. The number of benzene rings is 1. The highest BCUT2D eigenvalue weighted by atomic mass is 32.1. The van der Waals surface area contributed by atoms with Gasteiger partial charge in [-0.2, -0.15) is 0 Å². The summed E-state index contributed by atoms with van der Waals surface area (Å²) in [4.78, 5) is 7.73. The van der Waals surface area contributed by atoms with Crippen molar-refractivity contribution in [1.29, 1.82) is 0 Å². The van der Waals surface area contributed by atoms with E-state index in [-0.39, 0.29) is 0 Å². The minimum absolute atomic E-state index is 0.663. The molecule has 3 rings (SSSR count). The fourth-order valence-corrected chi connectivity index (χ4v) is 2.77. The number of aromatic nitrogens is 3. The van der Waals surface area contributed by atoms with Gasteiger partial charge in [0.1, 0.15) is 5.75 Å². The van der Waals surface area contributed by atoms with E-state index in [0.717, 1.165) is 28.9 Å². The van der Waals surface area contributed by atoms with E-state index in [1.54, 1.807) is 7.11 Å². The molecule has 0 unspecified atom stereocenters. The molecule has 0 amide bonds. The quantitative estimate of drug-likeness (QED) is 0.747. The van der Waals surface area contributed by atoms with Gasteiger partial charge >= 0.3 is 0 Å². The van der Waals surface area contributed by atoms with Crippen molar-refractivity contribution in [2.24, 2.45) is 0 Å². The molecule has 1 aromatic carbocycles. The average Bonchev–Trinajstić information content (AvgIpc) is 2.83. The zero-order chi connectivity index (χ0) is 14.8. The van der Waals surface area contributed by atoms with E-state index in [0.29, 0.717) is 11.3 Å². The third kappa shape index (κ3) is 2.56. The van der Waals surface area contributed by atoms with Crippen LogP contribution in [-0.4, -0.2) is 21.6 Å². The number of methoxy groups -OCH3 is 1. The molecule has 0 aliphatic heterocycles. The Morgan fingerprint density at radius 2 is 2.19 bits per heavy atom. The predicted octanol–water partition coefficient (Wildman–Crippen LogP) is 3.71. The van der Waals surface area contributed by atoms with Crippen LogP contribution in [0, 0.1) is 4.77 Å². The Labute approximate surface area is 128 Å². The van der Waals surface area contributed by atoms with Crippen molar-refractivity contribution < 1.29 is 4.74 Å². The second-order valence-corrected chi connectivity index (χ2v) is 5.25. The van der Waals surface area contributed by atoms with Crippen molar-refractivity contribution in [2.45, 2.75) is 19.9 Å². The first-order valence-corrected chi connectivity index (χ1v) is 7.33. The highest BCUT2D eigenvalue weighted by Crippen LogP contribution is 2.22. The van der Waals surface area contributed by atoms with Crippen molar-refractivity contribution in [1.82, 2.24) is 14.5 Å². The van der Waals surface area contributed by atoms with Crippen LogP contribution in [0.3, 0.4) is 0 Å². The summed E-state index contributed by atoms with van der Waals surface area (Å²) >= 11 is 5.45. The first-order chi connectivity index (χ1) is 10.2. The molecule has 5 heteroatoms. The van der Waals surface area contributed by atoms with Gasteiger partial charge in [-0.25, -0.2) is 0 Å². The second-order valence-electron chi connectivity index (χ2n) is 4.86.